The number of nitrogens with one attached hydrogen (secondary N) is 1. The van der Waals surface area contributed by atoms with E-state index in [2.05, 4.69) is 17.3 Å². The third-order valence-electron chi connectivity index (χ3n) is 4.85. The molecular weight excluding hydrogens is 378 g/mol. The summed E-state index contributed by atoms with van der Waals surface area (Å²) in [5, 5.41) is 7.22. The van der Waals surface area contributed by atoms with Crippen molar-refractivity contribution in [2.24, 2.45) is 0 Å². The molecule has 1 atom stereocenters. The second-order valence-corrected chi connectivity index (χ2v) is 7.19. The molecule has 1 aromatic heterocycles. The number of hydrogen-bond acceptors (Lipinski definition) is 4. The highest BCUT2D eigenvalue weighted by atomic mass is 16.5. The summed E-state index contributed by atoms with van der Waals surface area (Å²) in [7, 11) is 0. The fourth-order valence-electron chi connectivity index (χ4n) is 2.98. The molecule has 30 heavy (non-hydrogen) atoms. The molecule has 6 heteroatoms. The van der Waals surface area contributed by atoms with Crippen molar-refractivity contribution in [3.8, 4) is 17.0 Å². The van der Waals surface area contributed by atoms with E-state index in [1.807, 2.05) is 55.5 Å². The standard InChI is InChI=1S/C24H27N3O3/c1-4-19-7-11-21(12-8-19)30-18(3)24(29)25-15-16-27-23(28)14-13-22(26-27)20-9-5-17(2)6-10-20/h5-14,18H,4,15-16H2,1-3H3,(H,25,29). The summed E-state index contributed by atoms with van der Waals surface area (Å²) in [6.07, 6.45) is 0.315. The van der Waals surface area contributed by atoms with Crippen LogP contribution in [-0.2, 0) is 17.8 Å². The minimum Gasteiger partial charge on any atom is -0.481 e. The zero-order valence-corrected chi connectivity index (χ0v) is 17.6. The summed E-state index contributed by atoms with van der Waals surface area (Å²) in [4.78, 5) is 24.4. The zero-order valence-electron chi connectivity index (χ0n) is 17.6. The van der Waals surface area contributed by atoms with Crippen LogP contribution in [0.25, 0.3) is 11.3 Å². The van der Waals surface area contributed by atoms with Gasteiger partial charge in [-0.25, -0.2) is 4.68 Å². The molecule has 6 nitrogen and oxygen atoms in total. The number of benzene rings is 2. The number of aryl methyl sites for hydroxylation is 2. The number of carbonyl (C=O) groups excluding carboxylic acids is 1. The van der Waals surface area contributed by atoms with E-state index >= 15 is 0 Å². The summed E-state index contributed by atoms with van der Waals surface area (Å²) < 4.78 is 7.06. The quantitative estimate of drug-likeness (QED) is 0.624. The minimum absolute atomic E-state index is 0.208. The Morgan fingerprint density at radius 2 is 1.77 bits per heavy atom. The maximum absolute atomic E-state index is 12.3. The van der Waals surface area contributed by atoms with E-state index in [0.717, 1.165) is 17.5 Å². The third kappa shape index (κ3) is 5.56. The molecule has 156 valence electrons. The van der Waals surface area contributed by atoms with Crippen molar-refractivity contribution < 1.29 is 9.53 Å². The Hall–Kier alpha value is -3.41. The van der Waals surface area contributed by atoms with Gasteiger partial charge in [-0.05, 0) is 44.0 Å². The van der Waals surface area contributed by atoms with Gasteiger partial charge in [-0.3, -0.25) is 9.59 Å². The minimum atomic E-state index is -0.638. The molecule has 0 fully saturated rings. The predicted octanol–water partition coefficient (Wildman–Crippen LogP) is 3.36. The number of rotatable bonds is 8. The summed E-state index contributed by atoms with van der Waals surface area (Å²) in [6.45, 7) is 6.37. The molecule has 0 aliphatic rings. The first-order chi connectivity index (χ1) is 14.5. The van der Waals surface area contributed by atoms with Crippen molar-refractivity contribution in [2.45, 2.75) is 39.8 Å². The molecule has 0 saturated carbocycles. The highest BCUT2D eigenvalue weighted by Gasteiger charge is 2.14. The van der Waals surface area contributed by atoms with Crippen LogP contribution in [0.2, 0.25) is 0 Å². The van der Waals surface area contributed by atoms with Crippen LogP contribution >= 0.6 is 0 Å². The largest absolute Gasteiger partial charge is 0.481 e. The molecule has 2 aromatic carbocycles. The highest BCUT2D eigenvalue weighted by Crippen LogP contribution is 2.16. The number of aromatic nitrogens is 2. The second kappa shape index (κ2) is 9.87. The molecule has 1 amide bonds. The molecule has 0 aliphatic carbocycles. The SMILES string of the molecule is CCc1ccc(OC(C)C(=O)NCCn2nc(-c3ccc(C)cc3)ccc2=O)cc1. The van der Waals surface area contributed by atoms with Gasteiger partial charge in [0.1, 0.15) is 5.75 Å². The van der Waals surface area contributed by atoms with Gasteiger partial charge in [-0.15, -0.1) is 0 Å². The van der Waals surface area contributed by atoms with Crippen molar-refractivity contribution in [1.82, 2.24) is 15.1 Å². The lowest BCUT2D eigenvalue weighted by molar-refractivity contribution is -0.127. The first-order valence-corrected chi connectivity index (χ1v) is 10.1. The van der Waals surface area contributed by atoms with E-state index in [1.54, 1.807) is 13.0 Å². The molecule has 0 aliphatic heterocycles. The van der Waals surface area contributed by atoms with Gasteiger partial charge in [-0.1, -0.05) is 48.9 Å². The van der Waals surface area contributed by atoms with E-state index < -0.39 is 6.10 Å². The Morgan fingerprint density at radius 1 is 1.07 bits per heavy atom. The topological polar surface area (TPSA) is 73.2 Å². The molecule has 0 saturated heterocycles. The van der Waals surface area contributed by atoms with Gasteiger partial charge in [-0.2, -0.15) is 5.10 Å². The zero-order chi connectivity index (χ0) is 21.5. The Balaban J connectivity index is 1.56. The monoisotopic (exact) mass is 405 g/mol. The van der Waals surface area contributed by atoms with Gasteiger partial charge in [0, 0.05) is 18.2 Å². The second-order valence-electron chi connectivity index (χ2n) is 7.19. The lowest BCUT2D eigenvalue weighted by atomic mass is 10.1. The highest BCUT2D eigenvalue weighted by molar-refractivity contribution is 5.80. The molecular formula is C24H27N3O3. The van der Waals surface area contributed by atoms with Crippen LogP contribution in [0.3, 0.4) is 0 Å². The number of hydrogen-bond donors (Lipinski definition) is 1. The van der Waals surface area contributed by atoms with E-state index in [1.165, 1.54) is 16.3 Å². The Labute approximate surface area is 176 Å². The van der Waals surface area contributed by atoms with Crippen molar-refractivity contribution in [3.63, 3.8) is 0 Å². The average Bonchev–Trinajstić information content (AvgIpc) is 2.76. The first-order valence-electron chi connectivity index (χ1n) is 10.1. The van der Waals surface area contributed by atoms with E-state index in [4.69, 9.17) is 4.74 Å². The molecule has 0 radical (unpaired) electrons. The lowest BCUT2D eigenvalue weighted by Gasteiger charge is -2.15. The number of carbonyl (C=O) groups is 1. The van der Waals surface area contributed by atoms with Crippen molar-refractivity contribution in [2.75, 3.05) is 6.54 Å². The average molecular weight is 405 g/mol. The molecule has 3 rings (SSSR count). The van der Waals surface area contributed by atoms with Crippen LogP contribution in [0.4, 0.5) is 0 Å². The number of ether oxygens (including phenoxy) is 1. The molecule has 1 N–H and O–H groups in total. The fourth-order valence-corrected chi connectivity index (χ4v) is 2.98. The first kappa shape index (κ1) is 21.3. The van der Waals surface area contributed by atoms with Crippen LogP contribution in [0.1, 0.15) is 25.0 Å². The maximum atomic E-state index is 12.3. The molecule has 0 spiro atoms. The van der Waals surface area contributed by atoms with Gasteiger partial charge in [0.05, 0.1) is 12.2 Å². The van der Waals surface area contributed by atoms with Crippen molar-refractivity contribution >= 4 is 5.91 Å². The summed E-state index contributed by atoms with van der Waals surface area (Å²) in [5.74, 6) is 0.413. The van der Waals surface area contributed by atoms with Crippen LogP contribution in [0.15, 0.2) is 65.5 Å². The Morgan fingerprint density at radius 3 is 2.43 bits per heavy atom. The van der Waals surface area contributed by atoms with Gasteiger partial charge in [0.25, 0.3) is 11.5 Å². The lowest BCUT2D eigenvalue weighted by Crippen LogP contribution is -2.39. The van der Waals surface area contributed by atoms with Gasteiger partial charge in [0.2, 0.25) is 0 Å². The smallest absolute Gasteiger partial charge is 0.266 e. The van der Waals surface area contributed by atoms with Crippen molar-refractivity contribution in [1.29, 1.82) is 0 Å². The summed E-state index contributed by atoms with van der Waals surface area (Å²) >= 11 is 0. The van der Waals surface area contributed by atoms with Gasteiger partial charge < -0.3 is 10.1 Å². The maximum Gasteiger partial charge on any atom is 0.266 e. The molecule has 1 heterocycles. The molecule has 3 aromatic rings. The van der Waals surface area contributed by atoms with Crippen molar-refractivity contribution in [3.05, 3.63) is 82.1 Å². The van der Waals surface area contributed by atoms with E-state index in [9.17, 15) is 9.59 Å². The normalized spacial score (nSPS) is 11.7. The van der Waals surface area contributed by atoms with Crippen LogP contribution in [-0.4, -0.2) is 28.3 Å². The third-order valence-corrected chi connectivity index (χ3v) is 4.85. The molecule has 0 bridgehead atoms. The number of nitrogens with zero attached hydrogens (tertiary/aromatic N) is 2. The van der Waals surface area contributed by atoms with Crippen LogP contribution in [0.5, 0.6) is 5.75 Å². The van der Waals surface area contributed by atoms with Crippen LogP contribution in [0, 0.1) is 6.92 Å². The summed E-state index contributed by atoms with van der Waals surface area (Å²) in [6, 6.07) is 18.9. The number of amides is 1. The Bertz CT molecular complexity index is 1040. The van der Waals surface area contributed by atoms with Gasteiger partial charge in [0.15, 0.2) is 6.10 Å². The van der Waals surface area contributed by atoms with Crippen LogP contribution < -0.4 is 15.6 Å². The molecule has 1 unspecified atom stereocenters. The van der Waals surface area contributed by atoms with E-state index in [-0.39, 0.29) is 24.6 Å². The van der Waals surface area contributed by atoms with Gasteiger partial charge >= 0.3 is 0 Å². The van der Waals surface area contributed by atoms with E-state index in [0.29, 0.717) is 11.4 Å². The summed E-state index contributed by atoms with van der Waals surface area (Å²) in [5.41, 5.74) is 3.82. The predicted molar refractivity (Wildman–Crippen MR) is 118 cm³/mol. The Kier molecular flexibility index (Phi) is 7.01. The fraction of sp³-hybridized carbons (Fsp3) is 0.292.